The number of rotatable bonds is 13. The van der Waals surface area contributed by atoms with Crippen molar-refractivity contribution in [1.29, 1.82) is 0 Å². The number of H-pyrrole nitrogens is 2. The van der Waals surface area contributed by atoms with E-state index in [1.807, 2.05) is 44.3 Å². The fourth-order valence-corrected chi connectivity index (χ4v) is 4.10. The quantitative estimate of drug-likeness (QED) is 0.170. The molecule has 0 radical (unpaired) electrons. The number of imidazole rings is 1. The molecule has 4 unspecified atom stereocenters. The molecule has 3 rings (SSSR count). The van der Waals surface area contributed by atoms with Gasteiger partial charge in [0.1, 0.15) is 18.1 Å². The van der Waals surface area contributed by atoms with E-state index in [9.17, 15) is 24.3 Å². The maximum absolute atomic E-state index is 13.0. The summed E-state index contributed by atoms with van der Waals surface area (Å²) in [4.78, 5) is 60.0. The molecule has 0 fully saturated rings. The lowest BCUT2D eigenvalue weighted by atomic mass is 10.0. The molecule has 38 heavy (non-hydrogen) atoms. The van der Waals surface area contributed by atoms with Gasteiger partial charge in [-0.15, -0.1) is 0 Å². The molecule has 0 bridgehead atoms. The summed E-state index contributed by atoms with van der Waals surface area (Å²) >= 11 is 0. The summed E-state index contributed by atoms with van der Waals surface area (Å²) < 4.78 is 0. The Kier molecular flexibility index (Phi) is 9.61. The molecule has 2 heterocycles. The van der Waals surface area contributed by atoms with Crippen LogP contribution in [-0.2, 0) is 32.0 Å². The first kappa shape index (κ1) is 28.4. The highest BCUT2D eigenvalue weighted by atomic mass is 16.4. The van der Waals surface area contributed by atoms with E-state index in [1.165, 1.54) is 19.4 Å². The average molecular weight is 526 g/mol. The number of benzene rings is 1. The maximum Gasteiger partial charge on any atom is 0.326 e. The van der Waals surface area contributed by atoms with Gasteiger partial charge in [-0.3, -0.25) is 14.4 Å². The van der Waals surface area contributed by atoms with Crippen LogP contribution in [0.25, 0.3) is 10.9 Å². The minimum absolute atomic E-state index is 0.00207. The first-order valence-corrected chi connectivity index (χ1v) is 12.5. The fraction of sp³-hybridized carbons (Fsp3) is 0.423. The molecule has 0 saturated carbocycles. The highest BCUT2D eigenvalue weighted by Gasteiger charge is 2.29. The Bertz CT molecular complexity index is 1250. The highest BCUT2D eigenvalue weighted by molar-refractivity contribution is 5.94. The molecule has 12 heteroatoms. The lowest BCUT2D eigenvalue weighted by Gasteiger charge is -2.24. The second-order valence-corrected chi connectivity index (χ2v) is 9.77. The minimum atomic E-state index is -1.22. The van der Waals surface area contributed by atoms with Crippen LogP contribution in [0.15, 0.2) is 43.0 Å². The Hall–Kier alpha value is -4.19. The number of amides is 3. The number of nitrogens with zero attached hydrogens (tertiary/aromatic N) is 1. The molecule has 12 nitrogen and oxygen atoms in total. The normalized spacial score (nSPS) is 14.4. The van der Waals surface area contributed by atoms with E-state index in [2.05, 4.69) is 30.9 Å². The number of nitrogens with one attached hydrogen (secondary N) is 5. The number of fused-ring (bicyclic) bond motifs is 1. The average Bonchev–Trinajstić information content (AvgIpc) is 3.52. The van der Waals surface area contributed by atoms with Crippen LogP contribution >= 0.6 is 0 Å². The molecule has 4 atom stereocenters. The third kappa shape index (κ3) is 7.65. The van der Waals surface area contributed by atoms with Crippen molar-refractivity contribution in [2.75, 3.05) is 0 Å². The number of carbonyl (C=O) groups excluding carboxylic acids is 3. The van der Waals surface area contributed by atoms with Crippen molar-refractivity contribution in [3.63, 3.8) is 0 Å². The predicted octanol–water partition coefficient (Wildman–Crippen LogP) is 0.609. The van der Waals surface area contributed by atoms with Gasteiger partial charge in [0.25, 0.3) is 0 Å². The summed E-state index contributed by atoms with van der Waals surface area (Å²) in [5, 5.41) is 18.2. The van der Waals surface area contributed by atoms with Crippen LogP contribution in [0, 0.1) is 5.92 Å². The monoisotopic (exact) mass is 525 g/mol. The molecule has 0 aliphatic heterocycles. The van der Waals surface area contributed by atoms with Gasteiger partial charge in [-0.2, -0.15) is 0 Å². The lowest BCUT2D eigenvalue weighted by Crippen LogP contribution is -2.57. The summed E-state index contributed by atoms with van der Waals surface area (Å²) in [5.74, 6) is -2.88. The molecule has 204 valence electrons. The van der Waals surface area contributed by atoms with Gasteiger partial charge in [0, 0.05) is 35.4 Å². The van der Waals surface area contributed by atoms with Crippen LogP contribution in [-0.4, -0.2) is 67.9 Å². The van der Waals surface area contributed by atoms with E-state index < -0.39 is 47.9 Å². The molecule has 8 N–H and O–H groups in total. The Morgan fingerprint density at radius 2 is 1.66 bits per heavy atom. The number of aliphatic carboxylic acids is 1. The van der Waals surface area contributed by atoms with Gasteiger partial charge in [0.05, 0.1) is 12.4 Å². The third-order valence-corrected chi connectivity index (χ3v) is 6.14. The van der Waals surface area contributed by atoms with E-state index in [-0.39, 0.29) is 18.8 Å². The van der Waals surface area contributed by atoms with Crippen LogP contribution in [0.5, 0.6) is 0 Å². The minimum Gasteiger partial charge on any atom is -0.480 e. The van der Waals surface area contributed by atoms with Crippen molar-refractivity contribution in [2.45, 2.75) is 64.2 Å². The summed E-state index contributed by atoms with van der Waals surface area (Å²) in [6, 6.07) is 3.61. The first-order chi connectivity index (χ1) is 18.0. The summed E-state index contributed by atoms with van der Waals surface area (Å²) in [6.45, 7) is 5.25. The first-order valence-electron chi connectivity index (χ1n) is 12.5. The summed E-state index contributed by atoms with van der Waals surface area (Å²) in [6.07, 6.45) is 5.29. The topological polar surface area (TPSA) is 195 Å². The molecular formula is C26H35N7O5. The molecule has 0 aliphatic rings. The van der Waals surface area contributed by atoms with Crippen molar-refractivity contribution in [1.82, 2.24) is 30.9 Å². The number of hydrogen-bond acceptors (Lipinski definition) is 6. The van der Waals surface area contributed by atoms with Gasteiger partial charge in [-0.05, 0) is 37.3 Å². The van der Waals surface area contributed by atoms with Gasteiger partial charge >= 0.3 is 5.97 Å². The maximum atomic E-state index is 13.0. The second-order valence-electron chi connectivity index (χ2n) is 9.77. The second kappa shape index (κ2) is 12.9. The van der Waals surface area contributed by atoms with Crippen LogP contribution < -0.4 is 21.7 Å². The Balaban J connectivity index is 1.59. The number of carbonyl (C=O) groups is 4. The molecule has 1 aromatic carbocycles. The van der Waals surface area contributed by atoms with Crippen molar-refractivity contribution < 1.29 is 24.3 Å². The molecule has 0 saturated heterocycles. The zero-order valence-electron chi connectivity index (χ0n) is 21.7. The zero-order valence-corrected chi connectivity index (χ0v) is 21.7. The smallest absolute Gasteiger partial charge is 0.326 e. The number of aromatic amines is 2. The number of hydrogen-bond donors (Lipinski definition) is 7. The third-order valence-electron chi connectivity index (χ3n) is 6.14. The number of nitrogens with two attached hydrogens (primary N) is 1. The Labute approximate surface area is 220 Å². The largest absolute Gasteiger partial charge is 0.480 e. The van der Waals surface area contributed by atoms with Crippen LogP contribution in [0.3, 0.4) is 0 Å². The number of carboxylic acid groups (broad SMARTS) is 1. The molecule has 0 spiro atoms. The van der Waals surface area contributed by atoms with Gasteiger partial charge in [-0.1, -0.05) is 32.0 Å². The standard InChI is InChI=1S/C26H35N7O5/c1-14(2)8-21(32-24(35)19(27)9-16-11-29-20-7-5-4-6-18(16)20)25(36)31-15(3)23(34)33-22(26(37)38)10-17-12-28-13-30-17/h4-7,11-15,19,21-22,29H,8-10,27H2,1-3H3,(H,28,30)(H,31,36)(H,32,35)(H,33,34)(H,37,38). The summed E-state index contributed by atoms with van der Waals surface area (Å²) in [7, 11) is 0. The lowest BCUT2D eigenvalue weighted by molar-refractivity contribution is -0.142. The van der Waals surface area contributed by atoms with Gasteiger partial charge in [0.15, 0.2) is 0 Å². The van der Waals surface area contributed by atoms with Gasteiger partial charge in [0.2, 0.25) is 17.7 Å². The van der Waals surface area contributed by atoms with Gasteiger partial charge in [-0.25, -0.2) is 9.78 Å². The molecule has 0 aliphatic carbocycles. The van der Waals surface area contributed by atoms with Crippen molar-refractivity contribution in [2.24, 2.45) is 11.7 Å². The number of para-hydroxylation sites is 1. The van der Waals surface area contributed by atoms with Crippen molar-refractivity contribution in [3.05, 3.63) is 54.2 Å². The SMILES string of the molecule is CC(C)CC(NC(=O)C(N)Cc1c[nH]c2ccccc12)C(=O)NC(C)C(=O)NC(Cc1cnc[nH]1)C(=O)O. The number of carboxylic acids is 1. The van der Waals surface area contributed by atoms with Crippen LogP contribution in [0.2, 0.25) is 0 Å². The van der Waals surface area contributed by atoms with Crippen molar-refractivity contribution in [3.8, 4) is 0 Å². The fourth-order valence-electron chi connectivity index (χ4n) is 4.10. The van der Waals surface area contributed by atoms with Gasteiger partial charge < -0.3 is 36.8 Å². The van der Waals surface area contributed by atoms with Crippen LogP contribution in [0.4, 0.5) is 0 Å². The van der Waals surface area contributed by atoms with E-state index in [0.717, 1.165) is 16.5 Å². The Morgan fingerprint density at radius 3 is 2.32 bits per heavy atom. The van der Waals surface area contributed by atoms with Crippen molar-refractivity contribution >= 4 is 34.6 Å². The molecular weight excluding hydrogens is 490 g/mol. The molecule has 3 aromatic rings. The number of aromatic nitrogens is 3. The van der Waals surface area contributed by atoms with Crippen LogP contribution in [0.1, 0.15) is 38.4 Å². The predicted molar refractivity (Wildman–Crippen MR) is 141 cm³/mol. The molecule has 2 aromatic heterocycles. The zero-order chi connectivity index (χ0) is 27.8. The van der Waals surface area contributed by atoms with E-state index in [0.29, 0.717) is 12.1 Å². The van der Waals surface area contributed by atoms with E-state index in [4.69, 9.17) is 5.73 Å². The van der Waals surface area contributed by atoms with E-state index in [1.54, 1.807) is 0 Å². The van der Waals surface area contributed by atoms with E-state index >= 15 is 0 Å². The highest BCUT2D eigenvalue weighted by Crippen LogP contribution is 2.19. The molecule has 3 amide bonds. The Morgan fingerprint density at radius 1 is 0.947 bits per heavy atom. The summed E-state index contributed by atoms with van der Waals surface area (Å²) in [5.41, 5.74) is 8.55.